The average Bonchev–Trinajstić information content (AvgIpc) is 2.41. The van der Waals surface area contributed by atoms with Crippen LogP contribution in [0.1, 0.15) is 39.3 Å². The van der Waals surface area contributed by atoms with Crippen LogP contribution in [-0.2, 0) is 0 Å². The van der Waals surface area contributed by atoms with Gasteiger partial charge in [0, 0.05) is 5.56 Å². The number of aromatic amines is 1. The van der Waals surface area contributed by atoms with Gasteiger partial charge in [0.2, 0.25) is 0 Å². The van der Waals surface area contributed by atoms with E-state index in [4.69, 9.17) is 4.74 Å². The van der Waals surface area contributed by atoms with Crippen LogP contribution in [0.15, 0.2) is 33.5 Å². The lowest BCUT2D eigenvalue weighted by atomic mass is 10.1. The van der Waals surface area contributed by atoms with E-state index in [1.807, 2.05) is 52.0 Å². The molecule has 1 N–H and O–H groups in total. The number of hydrogen-bond donors (Lipinski definition) is 1. The van der Waals surface area contributed by atoms with E-state index in [2.05, 4.69) is 25.9 Å². The Hall–Kier alpha value is -1.62. The molecule has 0 saturated carbocycles. The van der Waals surface area contributed by atoms with Crippen molar-refractivity contribution in [2.75, 3.05) is 0 Å². The first kappa shape index (κ1) is 15.8. The summed E-state index contributed by atoms with van der Waals surface area (Å²) >= 11 is 3.30. The highest BCUT2D eigenvalue weighted by Crippen LogP contribution is 2.25. The first-order valence-corrected chi connectivity index (χ1v) is 7.74. The van der Waals surface area contributed by atoms with Gasteiger partial charge < -0.3 is 9.72 Å². The summed E-state index contributed by atoms with van der Waals surface area (Å²) in [6, 6.07) is 7.58. The summed E-state index contributed by atoms with van der Waals surface area (Å²) in [4.78, 5) is 19.4. The molecule has 0 spiro atoms. The van der Waals surface area contributed by atoms with Crippen molar-refractivity contribution in [3.8, 4) is 17.1 Å². The van der Waals surface area contributed by atoms with Crippen LogP contribution >= 0.6 is 15.9 Å². The van der Waals surface area contributed by atoms with Gasteiger partial charge in [-0.3, -0.25) is 4.79 Å². The van der Waals surface area contributed by atoms with Gasteiger partial charge in [-0.25, -0.2) is 4.98 Å². The standard InChI is InChI=1S/C16H19BrN2O2/c1-9(2)14-13(17)16(20)19-15(18-14)11-6-5-7-12(8-11)21-10(3)4/h5-10H,1-4H3,(H,18,19,20). The Morgan fingerprint density at radius 3 is 2.57 bits per heavy atom. The average molecular weight is 351 g/mol. The Labute approximate surface area is 132 Å². The summed E-state index contributed by atoms with van der Waals surface area (Å²) in [5, 5.41) is 0. The van der Waals surface area contributed by atoms with Crippen molar-refractivity contribution in [1.29, 1.82) is 0 Å². The number of aromatic nitrogens is 2. The zero-order valence-corrected chi connectivity index (χ0v) is 14.2. The topological polar surface area (TPSA) is 55.0 Å². The van der Waals surface area contributed by atoms with Gasteiger partial charge in [0.05, 0.1) is 11.8 Å². The van der Waals surface area contributed by atoms with Crippen LogP contribution in [0.3, 0.4) is 0 Å². The van der Waals surface area contributed by atoms with Crippen LogP contribution in [0.25, 0.3) is 11.4 Å². The Balaban J connectivity index is 2.49. The van der Waals surface area contributed by atoms with Crippen LogP contribution in [0, 0.1) is 0 Å². The molecular weight excluding hydrogens is 332 g/mol. The van der Waals surface area contributed by atoms with E-state index in [-0.39, 0.29) is 17.6 Å². The molecule has 0 atom stereocenters. The van der Waals surface area contributed by atoms with E-state index in [1.54, 1.807) is 0 Å². The predicted molar refractivity (Wildman–Crippen MR) is 87.8 cm³/mol. The zero-order chi connectivity index (χ0) is 15.6. The van der Waals surface area contributed by atoms with E-state index in [9.17, 15) is 4.79 Å². The van der Waals surface area contributed by atoms with E-state index in [0.29, 0.717) is 10.3 Å². The molecule has 21 heavy (non-hydrogen) atoms. The summed E-state index contributed by atoms with van der Waals surface area (Å²) in [7, 11) is 0. The van der Waals surface area contributed by atoms with Crippen molar-refractivity contribution in [2.24, 2.45) is 0 Å². The molecule has 0 bridgehead atoms. The highest BCUT2D eigenvalue weighted by Gasteiger charge is 2.13. The molecule has 0 aliphatic carbocycles. The van der Waals surface area contributed by atoms with Gasteiger partial charge in [-0.05, 0) is 47.8 Å². The first-order valence-electron chi connectivity index (χ1n) is 6.95. The molecule has 0 saturated heterocycles. The minimum Gasteiger partial charge on any atom is -0.491 e. The number of halogens is 1. The minimum atomic E-state index is -0.168. The van der Waals surface area contributed by atoms with Gasteiger partial charge in [0.1, 0.15) is 16.0 Å². The van der Waals surface area contributed by atoms with Gasteiger partial charge in [-0.15, -0.1) is 0 Å². The van der Waals surface area contributed by atoms with Crippen LogP contribution in [0.4, 0.5) is 0 Å². The maximum absolute atomic E-state index is 12.0. The maximum Gasteiger partial charge on any atom is 0.265 e. The summed E-state index contributed by atoms with van der Waals surface area (Å²) in [5.74, 6) is 1.48. The van der Waals surface area contributed by atoms with Crippen LogP contribution in [-0.4, -0.2) is 16.1 Å². The largest absolute Gasteiger partial charge is 0.491 e. The fourth-order valence-corrected chi connectivity index (χ4v) is 2.63. The van der Waals surface area contributed by atoms with Crippen molar-refractivity contribution >= 4 is 15.9 Å². The second kappa shape index (κ2) is 6.43. The number of benzene rings is 1. The molecule has 2 rings (SSSR count). The number of nitrogens with zero attached hydrogens (tertiary/aromatic N) is 1. The third kappa shape index (κ3) is 3.73. The molecular formula is C16H19BrN2O2. The van der Waals surface area contributed by atoms with Gasteiger partial charge in [0.25, 0.3) is 5.56 Å². The molecule has 1 aromatic carbocycles. The van der Waals surface area contributed by atoms with E-state index >= 15 is 0 Å². The fraction of sp³-hybridized carbons (Fsp3) is 0.375. The Morgan fingerprint density at radius 1 is 1.24 bits per heavy atom. The quantitative estimate of drug-likeness (QED) is 0.902. The number of ether oxygens (including phenoxy) is 1. The van der Waals surface area contributed by atoms with Crippen molar-refractivity contribution < 1.29 is 4.74 Å². The molecule has 5 heteroatoms. The molecule has 4 nitrogen and oxygen atoms in total. The van der Waals surface area contributed by atoms with Gasteiger partial charge in [-0.2, -0.15) is 0 Å². The van der Waals surface area contributed by atoms with Crippen LogP contribution in [0.5, 0.6) is 5.75 Å². The Morgan fingerprint density at radius 2 is 1.95 bits per heavy atom. The highest BCUT2D eigenvalue weighted by atomic mass is 79.9. The molecule has 0 radical (unpaired) electrons. The number of nitrogens with one attached hydrogen (secondary N) is 1. The zero-order valence-electron chi connectivity index (χ0n) is 12.6. The van der Waals surface area contributed by atoms with Gasteiger partial charge >= 0.3 is 0 Å². The van der Waals surface area contributed by atoms with Crippen molar-refractivity contribution in [3.63, 3.8) is 0 Å². The fourth-order valence-electron chi connectivity index (χ4n) is 1.98. The summed E-state index contributed by atoms with van der Waals surface area (Å²) in [6.45, 7) is 7.97. The lowest BCUT2D eigenvalue weighted by Crippen LogP contribution is -2.14. The molecule has 0 aliphatic heterocycles. The van der Waals surface area contributed by atoms with E-state index < -0.39 is 0 Å². The van der Waals surface area contributed by atoms with E-state index in [0.717, 1.165) is 17.0 Å². The SMILES string of the molecule is CC(C)Oc1cccc(-c2nc(C(C)C)c(Br)c(=O)[nH]2)c1. The number of H-pyrrole nitrogens is 1. The molecule has 112 valence electrons. The Kier molecular flexibility index (Phi) is 4.83. The molecule has 0 fully saturated rings. The maximum atomic E-state index is 12.0. The lowest BCUT2D eigenvalue weighted by molar-refractivity contribution is 0.242. The van der Waals surface area contributed by atoms with Gasteiger partial charge in [0.15, 0.2) is 0 Å². The molecule has 1 heterocycles. The monoisotopic (exact) mass is 350 g/mol. The highest BCUT2D eigenvalue weighted by molar-refractivity contribution is 9.10. The molecule has 0 aliphatic rings. The number of rotatable bonds is 4. The third-order valence-corrected chi connectivity index (χ3v) is 3.68. The van der Waals surface area contributed by atoms with E-state index in [1.165, 1.54) is 0 Å². The molecule has 2 aromatic rings. The van der Waals surface area contributed by atoms with Crippen molar-refractivity contribution in [1.82, 2.24) is 9.97 Å². The molecule has 0 unspecified atom stereocenters. The summed E-state index contributed by atoms with van der Waals surface area (Å²) < 4.78 is 6.18. The normalized spacial score (nSPS) is 11.2. The lowest BCUT2D eigenvalue weighted by Gasteiger charge is -2.12. The van der Waals surface area contributed by atoms with Crippen LogP contribution in [0.2, 0.25) is 0 Å². The first-order chi connectivity index (χ1) is 9.88. The second-order valence-electron chi connectivity index (χ2n) is 5.46. The Bertz CT molecular complexity index is 693. The second-order valence-corrected chi connectivity index (χ2v) is 6.26. The summed E-state index contributed by atoms with van der Waals surface area (Å²) in [5.41, 5.74) is 1.42. The summed E-state index contributed by atoms with van der Waals surface area (Å²) in [6.07, 6.45) is 0.100. The van der Waals surface area contributed by atoms with Crippen molar-refractivity contribution in [2.45, 2.75) is 39.7 Å². The third-order valence-electron chi connectivity index (χ3n) is 2.91. The van der Waals surface area contributed by atoms with Gasteiger partial charge in [-0.1, -0.05) is 26.0 Å². The number of hydrogen-bond acceptors (Lipinski definition) is 3. The molecule has 0 amide bonds. The molecule has 1 aromatic heterocycles. The van der Waals surface area contributed by atoms with Crippen LogP contribution < -0.4 is 10.3 Å². The minimum absolute atomic E-state index is 0.100. The van der Waals surface area contributed by atoms with Crippen molar-refractivity contribution in [3.05, 3.63) is 44.8 Å². The smallest absolute Gasteiger partial charge is 0.265 e. The predicted octanol–water partition coefficient (Wildman–Crippen LogP) is 4.11.